The van der Waals surface area contributed by atoms with E-state index in [0.29, 0.717) is 34.3 Å². The first-order chi connectivity index (χ1) is 19.8. The number of benzene rings is 5. The summed E-state index contributed by atoms with van der Waals surface area (Å²) in [5.41, 5.74) is 5.51. The van der Waals surface area contributed by atoms with Crippen molar-refractivity contribution in [3.8, 4) is 34.8 Å². The topological polar surface area (TPSA) is 80.5 Å². The quantitative estimate of drug-likeness (QED) is 0.239. The first kappa shape index (κ1) is 22.2. The Morgan fingerprint density at radius 1 is 0.600 bits per heavy atom. The average Bonchev–Trinajstić information content (AvgIpc) is 3.57. The van der Waals surface area contributed by atoms with Gasteiger partial charge in [-0.3, -0.25) is 4.57 Å². The van der Waals surface area contributed by atoms with Gasteiger partial charge < -0.3 is 4.42 Å². The first-order valence-corrected chi connectivity index (χ1v) is 12.9. The SMILES string of the molecule is N#Cc1cccc2oc3c(-c4nc(-c5ccccc5)nc(-n5c6ccccc6c6ccccc65)n4)cccc3c12. The molecule has 0 saturated carbocycles. The van der Waals surface area contributed by atoms with Crippen LogP contribution in [-0.2, 0) is 0 Å². The molecule has 0 unspecified atom stereocenters. The molecule has 0 atom stereocenters. The van der Waals surface area contributed by atoms with Crippen molar-refractivity contribution in [1.29, 1.82) is 5.26 Å². The highest BCUT2D eigenvalue weighted by atomic mass is 16.3. The van der Waals surface area contributed by atoms with E-state index in [2.05, 4.69) is 34.9 Å². The summed E-state index contributed by atoms with van der Waals surface area (Å²) >= 11 is 0. The predicted octanol–water partition coefficient (Wildman–Crippen LogP) is 8.07. The average molecular weight is 514 g/mol. The van der Waals surface area contributed by atoms with E-state index in [1.165, 1.54) is 0 Å². The third-order valence-electron chi connectivity index (χ3n) is 7.32. The Labute approximate surface area is 228 Å². The van der Waals surface area contributed by atoms with Crippen LogP contribution < -0.4 is 0 Å². The third-order valence-corrected chi connectivity index (χ3v) is 7.32. The van der Waals surface area contributed by atoms with E-state index in [1.807, 2.05) is 84.9 Å². The van der Waals surface area contributed by atoms with Gasteiger partial charge in [0.25, 0.3) is 0 Å². The van der Waals surface area contributed by atoms with Gasteiger partial charge in [0.05, 0.1) is 28.2 Å². The second-order valence-electron chi connectivity index (χ2n) is 9.59. The lowest BCUT2D eigenvalue weighted by atomic mass is 10.0. The van der Waals surface area contributed by atoms with Crippen LogP contribution in [0.25, 0.3) is 72.5 Å². The number of hydrogen-bond donors (Lipinski definition) is 0. The molecule has 186 valence electrons. The molecule has 0 aliphatic carbocycles. The molecule has 0 aliphatic heterocycles. The van der Waals surface area contributed by atoms with Gasteiger partial charge in [-0.05, 0) is 30.3 Å². The minimum atomic E-state index is 0.494. The highest BCUT2D eigenvalue weighted by molar-refractivity contribution is 6.11. The maximum absolute atomic E-state index is 9.75. The summed E-state index contributed by atoms with van der Waals surface area (Å²) < 4.78 is 8.43. The largest absolute Gasteiger partial charge is 0.455 e. The maximum atomic E-state index is 9.75. The number of fused-ring (bicyclic) bond motifs is 6. The van der Waals surface area contributed by atoms with Crippen molar-refractivity contribution in [3.05, 3.63) is 121 Å². The zero-order valence-electron chi connectivity index (χ0n) is 21.1. The summed E-state index contributed by atoms with van der Waals surface area (Å²) in [5.74, 6) is 1.58. The Balaban J connectivity index is 1.47. The van der Waals surface area contributed by atoms with Gasteiger partial charge in [0.1, 0.15) is 11.2 Å². The minimum Gasteiger partial charge on any atom is -0.455 e. The number of hydrogen-bond acceptors (Lipinski definition) is 5. The van der Waals surface area contributed by atoms with Crippen molar-refractivity contribution in [2.75, 3.05) is 0 Å². The van der Waals surface area contributed by atoms with Crippen LogP contribution in [0.2, 0.25) is 0 Å². The molecular formula is C34H19N5O. The van der Waals surface area contributed by atoms with Crippen LogP contribution in [0, 0.1) is 11.3 Å². The van der Waals surface area contributed by atoms with Crippen LogP contribution in [0.15, 0.2) is 120 Å². The molecular weight excluding hydrogens is 494 g/mol. The number of rotatable bonds is 3. The van der Waals surface area contributed by atoms with Gasteiger partial charge in [0.2, 0.25) is 5.95 Å². The van der Waals surface area contributed by atoms with E-state index in [9.17, 15) is 5.26 Å². The normalized spacial score (nSPS) is 11.5. The van der Waals surface area contributed by atoms with Gasteiger partial charge in [-0.2, -0.15) is 15.2 Å². The molecule has 6 nitrogen and oxygen atoms in total. The summed E-state index contributed by atoms with van der Waals surface area (Å²) in [6, 6.07) is 40.2. The Morgan fingerprint density at radius 3 is 2.00 bits per heavy atom. The van der Waals surface area contributed by atoms with E-state index in [0.717, 1.165) is 43.7 Å². The molecule has 3 aromatic heterocycles. The summed E-state index contributed by atoms with van der Waals surface area (Å²) in [7, 11) is 0. The molecule has 0 saturated heterocycles. The Kier molecular flexibility index (Phi) is 4.78. The zero-order chi connectivity index (χ0) is 26.6. The molecule has 5 aromatic carbocycles. The van der Waals surface area contributed by atoms with E-state index >= 15 is 0 Å². The van der Waals surface area contributed by atoms with Crippen LogP contribution in [0.5, 0.6) is 0 Å². The van der Waals surface area contributed by atoms with Gasteiger partial charge in [-0.25, -0.2) is 4.98 Å². The van der Waals surface area contributed by atoms with Crippen molar-refractivity contribution < 1.29 is 4.42 Å². The van der Waals surface area contributed by atoms with E-state index < -0.39 is 0 Å². The van der Waals surface area contributed by atoms with Crippen molar-refractivity contribution >= 4 is 43.7 Å². The van der Waals surface area contributed by atoms with Crippen molar-refractivity contribution in [2.24, 2.45) is 0 Å². The van der Waals surface area contributed by atoms with Gasteiger partial charge in [-0.1, -0.05) is 84.9 Å². The molecule has 0 amide bonds. The maximum Gasteiger partial charge on any atom is 0.238 e. The van der Waals surface area contributed by atoms with E-state index in [4.69, 9.17) is 19.4 Å². The number of furan rings is 1. The van der Waals surface area contributed by atoms with Gasteiger partial charge in [0.15, 0.2) is 11.6 Å². The lowest BCUT2D eigenvalue weighted by Crippen LogP contribution is -2.06. The fourth-order valence-corrected chi connectivity index (χ4v) is 5.56. The Hall–Kier alpha value is -5.80. The van der Waals surface area contributed by atoms with Crippen LogP contribution in [0.3, 0.4) is 0 Å². The number of para-hydroxylation sites is 3. The highest BCUT2D eigenvalue weighted by Gasteiger charge is 2.20. The molecule has 6 heteroatoms. The zero-order valence-corrected chi connectivity index (χ0v) is 21.1. The molecule has 8 aromatic rings. The molecule has 3 heterocycles. The standard InChI is InChI=1S/C34H19N5O/c35-20-22-12-8-19-29-30(22)25-15-9-16-26(31(25)40-29)33-36-32(21-10-2-1-3-11-21)37-34(38-33)39-27-17-6-4-13-23(27)24-14-5-7-18-28(24)39/h1-19H. The molecule has 0 bridgehead atoms. The second-order valence-corrected chi connectivity index (χ2v) is 9.59. The summed E-state index contributed by atoms with van der Waals surface area (Å²) in [4.78, 5) is 15.0. The second kappa shape index (κ2) is 8.62. The molecule has 0 aliphatic rings. The minimum absolute atomic E-state index is 0.494. The van der Waals surface area contributed by atoms with Gasteiger partial charge >= 0.3 is 0 Å². The summed E-state index contributed by atoms with van der Waals surface area (Å²) in [6.45, 7) is 0. The van der Waals surface area contributed by atoms with E-state index in [1.54, 1.807) is 6.07 Å². The predicted molar refractivity (Wildman–Crippen MR) is 157 cm³/mol. The third kappa shape index (κ3) is 3.25. The fraction of sp³-hybridized carbons (Fsp3) is 0. The van der Waals surface area contributed by atoms with Gasteiger partial charge in [0, 0.05) is 27.1 Å². The van der Waals surface area contributed by atoms with Crippen LogP contribution >= 0.6 is 0 Å². The van der Waals surface area contributed by atoms with Crippen molar-refractivity contribution in [1.82, 2.24) is 19.5 Å². The number of nitriles is 1. The molecule has 40 heavy (non-hydrogen) atoms. The van der Waals surface area contributed by atoms with Crippen LogP contribution in [0.1, 0.15) is 5.56 Å². The number of aromatic nitrogens is 4. The molecule has 0 radical (unpaired) electrons. The Bertz CT molecular complexity index is 2240. The van der Waals surface area contributed by atoms with E-state index in [-0.39, 0.29) is 0 Å². The highest BCUT2D eigenvalue weighted by Crippen LogP contribution is 2.37. The monoisotopic (exact) mass is 513 g/mol. The summed E-state index contributed by atoms with van der Waals surface area (Å²) in [5, 5.41) is 13.7. The molecule has 0 fully saturated rings. The Morgan fingerprint density at radius 2 is 1.25 bits per heavy atom. The van der Waals surface area contributed by atoms with Crippen molar-refractivity contribution in [2.45, 2.75) is 0 Å². The van der Waals surface area contributed by atoms with Crippen molar-refractivity contribution in [3.63, 3.8) is 0 Å². The first-order valence-electron chi connectivity index (χ1n) is 12.9. The lowest BCUT2D eigenvalue weighted by Gasteiger charge is -2.11. The lowest BCUT2D eigenvalue weighted by molar-refractivity contribution is 0.669. The summed E-state index contributed by atoms with van der Waals surface area (Å²) in [6.07, 6.45) is 0. The number of nitrogens with zero attached hydrogens (tertiary/aromatic N) is 5. The van der Waals surface area contributed by atoms with Crippen LogP contribution in [0.4, 0.5) is 0 Å². The fourth-order valence-electron chi connectivity index (χ4n) is 5.56. The van der Waals surface area contributed by atoms with Crippen LogP contribution in [-0.4, -0.2) is 19.5 Å². The smallest absolute Gasteiger partial charge is 0.238 e. The molecule has 0 N–H and O–H groups in total. The molecule has 0 spiro atoms. The molecule has 8 rings (SSSR count). The van der Waals surface area contributed by atoms with Gasteiger partial charge in [-0.15, -0.1) is 0 Å².